The number of anilines is 2. The minimum Gasteiger partial charge on any atom is -0.382 e. The number of halogens is 1. The van der Waals surface area contributed by atoms with Crippen molar-refractivity contribution in [1.29, 1.82) is 0 Å². The van der Waals surface area contributed by atoms with Crippen LogP contribution in [0.15, 0.2) is 22.7 Å². The maximum Gasteiger partial charge on any atom is 0.0603 e. The van der Waals surface area contributed by atoms with Crippen molar-refractivity contribution in [1.82, 2.24) is 5.32 Å². The number of hydrogen-bond acceptors (Lipinski definition) is 3. The van der Waals surface area contributed by atoms with Crippen LogP contribution in [0.2, 0.25) is 0 Å². The molecule has 92 valence electrons. The van der Waals surface area contributed by atoms with Gasteiger partial charge in [-0.2, -0.15) is 0 Å². The zero-order valence-electron chi connectivity index (χ0n) is 9.88. The third kappa shape index (κ3) is 2.43. The molecule has 0 amide bonds. The lowest BCUT2D eigenvalue weighted by Gasteiger charge is -2.34. The maximum absolute atomic E-state index is 3.53. The summed E-state index contributed by atoms with van der Waals surface area (Å²) in [4.78, 5) is 2.52. The van der Waals surface area contributed by atoms with Crippen LogP contribution in [-0.2, 0) is 0 Å². The number of nitrogens with one attached hydrogen (secondary N) is 2. The maximum atomic E-state index is 3.53. The number of nitrogens with zero attached hydrogens (tertiary/aromatic N) is 1. The highest BCUT2D eigenvalue weighted by Gasteiger charge is 2.22. The highest BCUT2D eigenvalue weighted by Crippen LogP contribution is 2.32. The van der Waals surface area contributed by atoms with Gasteiger partial charge in [0.05, 0.1) is 11.4 Å². The van der Waals surface area contributed by atoms with Gasteiger partial charge in [-0.25, -0.2) is 0 Å². The lowest BCUT2D eigenvalue weighted by Crippen LogP contribution is -2.38. The topological polar surface area (TPSA) is 27.3 Å². The van der Waals surface area contributed by atoms with E-state index in [0.717, 1.165) is 23.5 Å². The van der Waals surface area contributed by atoms with Gasteiger partial charge in [-0.05, 0) is 43.6 Å². The molecular weight excluding hydrogens is 278 g/mol. The summed E-state index contributed by atoms with van der Waals surface area (Å²) in [6.07, 6.45) is 1.32. The third-order valence-electron chi connectivity index (χ3n) is 3.64. The second-order valence-electron chi connectivity index (χ2n) is 4.89. The van der Waals surface area contributed by atoms with Gasteiger partial charge in [-0.3, -0.25) is 0 Å². The quantitative estimate of drug-likeness (QED) is 0.877. The van der Waals surface area contributed by atoms with Gasteiger partial charge >= 0.3 is 0 Å². The van der Waals surface area contributed by atoms with Crippen molar-refractivity contribution in [2.75, 3.05) is 42.9 Å². The summed E-state index contributed by atoms with van der Waals surface area (Å²) >= 11 is 3.53. The number of benzene rings is 1. The van der Waals surface area contributed by atoms with Crippen molar-refractivity contribution in [3.8, 4) is 0 Å². The number of rotatable bonds is 2. The van der Waals surface area contributed by atoms with Crippen molar-refractivity contribution in [3.05, 3.63) is 22.7 Å². The van der Waals surface area contributed by atoms with Crippen molar-refractivity contribution in [3.63, 3.8) is 0 Å². The normalized spacial score (nSPS) is 23.4. The van der Waals surface area contributed by atoms with E-state index in [-0.39, 0.29) is 0 Å². The van der Waals surface area contributed by atoms with Crippen LogP contribution in [0.1, 0.15) is 6.42 Å². The van der Waals surface area contributed by atoms with Crippen LogP contribution in [0.5, 0.6) is 0 Å². The monoisotopic (exact) mass is 295 g/mol. The summed E-state index contributed by atoms with van der Waals surface area (Å²) < 4.78 is 1.15. The Hall–Kier alpha value is -0.740. The Balaban J connectivity index is 1.78. The molecule has 2 heterocycles. The van der Waals surface area contributed by atoms with E-state index in [1.807, 2.05) is 0 Å². The predicted molar refractivity (Wildman–Crippen MR) is 75.8 cm³/mol. The summed E-state index contributed by atoms with van der Waals surface area (Å²) in [5.74, 6) is 0.810. The lowest BCUT2D eigenvalue weighted by molar-refractivity contribution is 0.559. The zero-order chi connectivity index (χ0) is 11.7. The van der Waals surface area contributed by atoms with E-state index in [1.165, 1.54) is 37.4 Å². The van der Waals surface area contributed by atoms with E-state index >= 15 is 0 Å². The molecule has 1 aromatic carbocycles. The Labute approximate surface area is 111 Å². The van der Waals surface area contributed by atoms with E-state index < -0.39 is 0 Å². The van der Waals surface area contributed by atoms with E-state index in [2.05, 4.69) is 49.7 Å². The summed E-state index contributed by atoms with van der Waals surface area (Å²) in [7, 11) is 0. The van der Waals surface area contributed by atoms with Gasteiger partial charge in [0.1, 0.15) is 0 Å². The van der Waals surface area contributed by atoms with E-state index in [4.69, 9.17) is 0 Å². The highest BCUT2D eigenvalue weighted by atomic mass is 79.9. The standard InChI is InChI=1S/C13H18BrN3/c14-11-1-2-13-12(7-11)16-5-6-17(13)9-10-3-4-15-8-10/h1-2,7,10,15-16H,3-6,8-9H2. The first kappa shape index (κ1) is 11.4. The van der Waals surface area contributed by atoms with Crippen LogP contribution in [0.4, 0.5) is 11.4 Å². The molecule has 1 fully saturated rings. The average molecular weight is 296 g/mol. The van der Waals surface area contributed by atoms with Crippen LogP contribution in [0.25, 0.3) is 0 Å². The Morgan fingerprint density at radius 2 is 2.29 bits per heavy atom. The zero-order valence-corrected chi connectivity index (χ0v) is 11.5. The molecule has 0 aliphatic carbocycles. The van der Waals surface area contributed by atoms with Crippen molar-refractivity contribution >= 4 is 27.3 Å². The van der Waals surface area contributed by atoms with Crippen LogP contribution < -0.4 is 15.5 Å². The molecule has 1 aromatic rings. The molecular formula is C13H18BrN3. The fourth-order valence-electron chi connectivity index (χ4n) is 2.74. The first-order valence-corrected chi connectivity index (χ1v) is 7.11. The van der Waals surface area contributed by atoms with Crippen LogP contribution in [0.3, 0.4) is 0 Å². The Morgan fingerprint density at radius 3 is 3.12 bits per heavy atom. The molecule has 2 aliphatic rings. The molecule has 3 nitrogen and oxygen atoms in total. The number of hydrogen-bond donors (Lipinski definition) is 2. The fourth-order valence-corrected chi connectivity index (χ4v) is 3.10. The summed E-state index contributed by atoms with van der Waals surface area (Å²) in [6.45, 7) is 5.71. The fraction of sp³-hybridized carbons (Fsp3) is 0.538. The molecule has 1 saturated heterocycles. The Kier molecular flexibility index (Phi) is 3.25. The molecule has 0 radical (unpaired) electrons. The Bertz CT molecular complexity index is 402. The lowest BCUT2D eigenvalue weighted by atomic mass is 10.1. The van der Waals surface area contributed by atoms with Crippen LogP contribution >= 0.6 is 15.9 Å². The van der Waals surface area contributed by atoms with Gasteiger partial charge in [-0.1, -0.05) is 15.9 Å². The van der Waals surface area contributed by atoms with Crippen molar-refractivity contribution in [2.24, 2.45) is 5.92 Å². The molecule has 1 unspecified atom stereocenters. The van der Waals surface area contributed by atoms with Gasteiger partial charge < -0.3 is 15.5 Å². The predicted octanol–water partition coefficient (Wildman–Crippen LogP) is 2.29. The van der Waals surface area contributed by atoms with E-state index in [9.17, 15) is 0 Å². The van der Waals surface area contributed by atoms with Gasteiger partial charge in [-0.15, -0.1) is 0 Å². The molecule has 1 atom stereocenters. The molecule has 17 heavy (non-hydrogen) atoms. The number of fused-ring (bicyclic) bond motifs is 1. The van der Waals surface area contributed by atoms with Gasteiger partial charge in [0.2, 0.25) is 0 Å². The molecule has 0 spiro atoms. The van der Waals surface area contributed by atoms with Crippen molar-refractivity contribution < 1.29 is 0 Å². The summed E-state index contributed by atoms with van der Waals surface area (Å²) in [5, 5.41) is 6.92. The molecule has 0 aromatic heterocycles. The summed E-state index contributed by atoms with van der Waals surface area (Å²) in [5.41, 5.74) is 2.61. The molecule has 0 bridgehead atoms. The minimum atomic E-state index is 0.810. The molecule has 0 saturated carbocycles. The second-order valence-corrected chi connectivity index (χ2v) is 5.81. The smallest absolute Gasteiger partial charge is 0.0603 e. The van der Waals surface area contributed by atoms with E-state index in [1.54, 1.807) is 0 Å². The molecule has 3 rings (SSSR count). The summed E-state index contributed by atoms with van der Waals surface area (Å²) in [6, 6.07) is 6.52. The molecule has 2 N–H and O–H groups in total. The third-order valence-corrected chi connectivity index (χ3v) is 4.13. The van der Waals surface area contributed by atoms with E-state index in [0.29, 0.717) is 0 Å². The first-order valence-electron chi connectivity index (χ1n) is 6.32. The molecule has 2 aliphatic heterocycles. The van der Waals surface area contributed by atoms with Gasteiger partial charge in [0.15, 0.2) is 0 Å². The van der Waals surface area contributed by atoms with Crippen LogP contribution in [-0.4, -0.2) is 32.7 Å². The van der Waals surface area contributed by atoms with Gasteiger partial charge in [0.25, 0.3) is 0 Å². The Morgan fingerprint density at radius 1 is 1.35 bits per heavy atom. The van der Waals surface area contributed by atoms with Crippen LogP contribution in [0, 0.1) is 5.92 Å². The highest BCUT2D eigenvalue weighted by molar-refractivity contribution is 9.10. The van der Waals surface area contributed by atoms with Gasteiger partial charge in [0, 0.05) is 24.1 Å². The SMILES string of the molecule is Brc1ccc2c(c1)NCCN2CC1CCNC1. The minimum absolute atomic E-state index is 0.810. The first-order chi connectivity index (χ1) is 8.33. The van der Waals surface area contributed by atoms with Crippen molar-refractivity contribution in [2.45, 2.75) is 6.42 Å². The second kappa shape index (κ2) is 4.86. The average Bonchev–Trinajstić information content (AvgIpc) is 2.82. The molecule has 4 heteroatoms. The largest absolute Gasteiger partial charge is 0.382 e.